The van der Waals surface area contributed by atoms with E-state index in [1.54, 1.807) is 0 Å². The SMILES string of the molecule is CC(C)(C)P(C)(=N[Si](C)(C)C)N([Si](C)(C)C)[Si](C)(C)C. The summed E-state index contributed by atoms with van der Waals surface area (Å²) in [6, 6.07) is 0. The average Bonchev–Trinajstić information content (AvgIpc) is 1.89. The molecule has 0 fully saturated rings. The molecule has 1 atom stereocenters. The zero-order chi connectivity index (χ0) is 16.8. The molecule has 0 N–H and O–H groups in total. The van der Waals surface area contributed by atoms with Crippen molar-refractivity contribution in [2.24, 2.45) is 4.41 Å². The van der Waals surface area contributed by atoms with Gasteiger partial charge in [-0.1, -0.05) is 79.7 Å². The van der Waals surface area contributed by atoms with E-state index in [0.29, 0.717) is 0 Å². The summed E-state index contributed by atoms with van der Waals surface area (Å²) in [5, 5.41) is 0.272. The van der Waals surface area contributed by atoms with Crippen LogP contribution in [0.15, 0.2) is 4.41 Å². The van der Waals surface area contributed by atoms with E-state index in [0.717, 1.165) is 0 Å². The van der Waals surface area contributed by atoms with Crippen molar-refractivity contribution >= 4 is 31.9 Å². The van der Waals surface area contributed by atoms with E-state index < -0.39 is 31.9 Å². The minimum Gasteiger partial charge on any atom is -0.325 e. The maximum Gasteiger partial charge on any atom is 0.172 e. The molecule has 0 bridgehead atoms. The Balaban J connectivity index is 6.48. The fourth-order valence-electron chi connectivity index (χ4n) is 3.25. The van der Waals surface area contributed by atoms with Crippen LogP contribution in [0.1, 0.15) is 20.8 Å². The van der Waals surface area contributed by atoms with E-state index >= 15 is 0 Å². The maximum atomic E-state index is 5.59. The van der Waals surface area contributed by atoms with Crippen molar-refractivity contribution in [2.45, 2.75) is 84.9 Å². The topological polar surface area (TPSA) is 15.6 Å². The van der Waals surface area contributed by atoms with E-state index in [1.165, 1.54) is 0 Å². The Morgan fingerprint density at radius 1 is 0.750 bits per heavy atom. The molecule has 122 valence electrons. The standard InChI is InChI=1S/C14H39N2PSi3/c1-14(2,3)17(4,15-18(5,6)7)16(19(8,9)10)20(11,12)13/h1-13H3. The molecule has 0 aromatic carbocycles. The zero-order valence-electron chi connectivity index (χ0n) is 16.3. The summed E-state index contributed by atoms with van der Waals surface area (Å²) in [4.78, 5) is 0. The molecule has 0 heterocycles. The molecule has 0 saturated heterocycles. The highest BCUT2D eigenvalue weighted by atomic mass is 31.2. The summed E-state index contributed by atoms with van der Waals surface area (Å²) < 4.78 is 8.60. The summed E-state index contributed by atoms with van der Waals surface area (Å²) in [7, 11) is -5.72. The first-order chi connectivity index (χ1) is 8.32. The van der Waals surface area contributed by atoms with Crippen LogP contribution in [0.2, 0.25) is 58.9 Å². The molecule has 0 aromatic heterocycles. The quantitative estimate of drug-likeness (QED) is 0.427. The Labute approximate surface area is 132 Å². The molecular formula is C14H39N2PSi3. The third-order valence-corrected chi connectivity index (χ3v) is 23.2. The lowest BCUT2D eigenvalue weighted by atomic mass is 10.3. The highest BCUT2D eigenvalue weighted by molar-refractivity contribution is 7.69. The van der Waals surface area contributed by atoms with Gasteiger partial charge in [0.25, 0.3) is 0 Å². The predicted molar refractivity (Wildman–Crippen MR) is 107 cm³/mol. The fourth-order valence-corrected chi connectivity index (χ4v) is 30.1. The molecule has 0 aliphatic rings. The molecule has 0 rings (SSSR count). The lowest BCUT2D eigenvalue weighted by molar-refractivity contribution is 0.740. The van der Waals surface area contributed by atoms with Crippen molar-refractivity contribution in [3.8, 4) is 0 Å². The fraction of sp³-hybridized carbons (Fsp3) is 1.00. The van der Waals surface area contributed by atoms with Gasteiger partial charge in [-0.15, -0.1) is 0 Å². The third kappa shape index (κ3) is 5.24. The van der Waals surface area contributed by atoms with Crippen molar-refractivity contribution in [3.63, 3.8) is 0 Å². The molecule has 6 heteroatoms. The smallest absolute Gasteiger partial charge is 0.172 e. The van der Waals surface area contributed by atoms with Crippen LogP contribution in [-0.4, -0.2) is 40.5 Å². The van der Waals surface area contributed by atoms with Crippen molar-refractivity contribution in [3.05, 3.63) is 0 Å². The first-order valence-electron chi connectivity index (χ1n) is 7.74. The molecular weight excluding hydrogens is 311 g/mol. The van der Waals surface area contributed by atoms with Crippen LogP contribution in [0.5, 0.6) is 0 Å². The van der Waals surface area contributed by atoms with E-state index in [-0.39, 0.29) is 5.16 Å². The van der Waals surface area contributed by atoms with E-state index in [2.05, 4.69) is 90.4 Å². The molecule has 0 aromatic rings. The van der Waals surface area contributed by atoms with E-state index in [1.807, 2.05) is 0 Å². The summed E-state index contributed by atoms with van der Waals surface area (Å²) in [5.74, 6) is 0. The first kappa shape index (κ1) is 20.8. The van der Waals surface area contributed by atoms with Gasteiger partial charge in [0.2, 0.25) is 0 Å². The molecule has 0 saturated carbocycles. The monoisotopic (exact) mass is 350 g/mol. The van der Waals surface area contributed by atoms with Crippen molar-refractivity contribution in [1.82, 2.24) is 4.00 Å². The summed E-state index contributed by atoms with van der Waals surface area (Å²) >= 11 is 0. The van der Waals surface area contributed by atoms with Crippen LogP contribution >= 0.6 is 7.21 Å². The lowest BCUT2D eigenvalue weighted by Gasteiger charge is -2.56. The van der Waals surface area contributed by atoms with Gasteiger partial charge in [0.05, 0.1) is 0 Å². The first-order valence-corrected chi connectivity index (χ1v) is 20.2. The van der Waals surface area contributed by atoms with Gasteiger partial charge in [0, 0.05) is 12.4 Å². The zero-order valence-corrected chi connectivity index (χ0v) is 20.2. The van der Waals surface area contributed by atoms with Crippen molar-refractivity contribution < 1.29 is 0 Å². The summed E-state index contributed by atoms with van der Waals surface area (Å²) in [6.45, 7) is 32.0. The van der Waals surface area contributed by atoms with Gasteiger partial charge in [0.1, 0.15) is 16.5 Å². The van der Waals surface area contributed by atoms with E-state index in [9.17, 15) is 0 Å². The van der Waals surface area contributed by atoms with Crippen LogP contribution in [0.3, 0.4) is 0 Å². The minimum atomic E-state index is -1.48. The van der Waals surface area contributed by atoms with E-state index in [4.69, 9.17) is 4.41 Å². The lowest BCUT2D eigenvalue weighted by Crippen LogP contribution is -2.58. The van der Waals surface area contributed by atoms with Gasteiger partial charge in [-0.2, -0.15) is 0 Å². The number of hydrogen-bond donors (Lipinski definition) is 0. The van der Waals surface area contributed by atoms with Crippen LogP contribution in [0.25, 0.3) is 0 Å². The Morgan fingerprint density at radius 2 is 1.05 bits per heavy atom. The van der Waals surface area contributed by atoms with Crippen LogP contribution in [0, 0.1) is 0 Å². The van der Waals surface area contributed by atoms with Crippen LogP contribution < -0.4 is 0 Å². The minimum absolute atomic E-state index is 0.272. The largest absolute Gasteiger partial charge is 0.325 e. The van der Waals surface area contributed by atoms with Gasteiger partial charge in [-0.25, -0.2) is 0 Å². The number of rotatable bonds is 4. The molecule has 0 aliphatic carbocycles. The van der Waals surface area contributed by atoms with Gasteiger partial charge < -0.3 is 8.41 Å². The Bertz CT molecular complexity index is 379. The molecule has 20 heavy (non-hydrogen) atoms. The number of hydrogen-bond acceptors (Lipinski definition) is 1. The summed E-state index contributed by atoms with van der Waals surface area (Å²) in [5.41, 5.74) is 0. The molecule has 0 amide bonds. The normalized spacial score (nSPS) is 18.1. The van der Waals surface area contributed by atoms with Crippen molar-refractivity contribution in [1.29, 1.82) is 0 Å². The van der Waals surface area contributed by atoms with Gasteiger partial charge in [-0.3, -0.25) is 0 Å². The second-order valence-corrected chi connectivity index (χ2v) is 29.5. The maximum absolute atomic E-state index is 5.59. The average molecular weight is 351 g/mol. The Morgan fingerprint density at radius 3 is 1.20 bits per heavy atom. The third-order valence-electron chi connectivity index (χ3n) is 3.43. The second kappa shape index (κ2) is 5.80. The van der Waals surface area contributed by atoms with Gasteiger partial charge in [0.15, 0.2) is 8.24 Å². The highest BCUT2D eigenvalue weighted by Crippen LogP contribution is 2.64. The van der Waals surface area contributed by atoms with Gasteiger partial charge in [-0.05, 0) is 6.66 Å². The Hall–Kier alpha value is 0.841. The molecule has 1 unspecified atom stereocenters. The molecule has 2 nitrogen and oxygen atoms in total. The molecule has 0 aliphatic heterocycles. The van der Waals surface area contributed by atoms with Crippen LogP contribution in [-0.2, 0) is 0 Å². The van der Waals surface area contributed by atoms with Crippen molar-refractivity contribution in [2.75, 3.05) is 6.66 Å². The second-order valence-electron chi connectivity index (χ2n) is 10.0. The van der Waals surface area contributed by atoms with Gasteiger partial charge >= 0.3 is 0 Å². The highest BCUT2D eigenvalue weighted by Gasteiger charge is 2.47. The van der Waals surface area contributed by atoms with Crippen LogP contribution in [0.4, 0.5) is 0 Å². The predicted octanol–water partition coefficient (Wildman–Crippen LogP) is 6.34. The Kier molecular flexibility index (Phi) is 6.05. The summed E-state index contributed by atoms with van der Waals surface area (Å²) in [6.07, 6.45) is 0. The molecule has 0 radical (unpaired) electrons. The molecule has 0 spiro atoms. The number of nitrogens with zero attached hydrogens (tertiary/aromatic N) is 2.